The third-order valence-electron chi connectivity index (χ3n) is 7.98. The Kier molecular flexibility index (Phi) is 3.25. The van der Waals surface area contributed by atoms with Crippen LogP contribution in [-0.2, 0) is 9.59 Å². The van der Waals surface area contributed by atoms with Gasteiger partial charge in [0, 0.05) is 24.7 Å². The van der Waals surface area contributed by atoms with Crippen molar-refractivity contribution in [3.63, 3.8) is 0 Å². The average molecular weight is 324 g/mol. The molecule has 24 heavy (non-hydrogen) atoms. The Hall–Kier alpha value is -1.18. The number of hydrogen-bond acceptors (Lipinski definition) is 2. The van der Waals surface area contributed by atoms with Crippen LogP contribution in [0.5, 0.6) is 0 Å². The summed E-state index contributed by atoms with van der Waals surface area (Å²) in [6.07, 6.45) is 13.0. The number of carbonyl (C=O) groups excluding carboxylic acids is 2. The van der Waals surface area contributed by atoms with Gasteiger partial charge in [0.05, 0.1) is 0 Å². The molecule has 0 saturated heterocycles. The van der Waals surface area contributed by atoms with E-state index in [2.05, 4.69) is 13.0 Å². The molecule has 0 radical (unpaired) electrons. The van der Waals surface area contributed by atoms with E-state index in [4.69, 9.17) is 0 Å². The van der Waals surface area contributed by atoms with E-state index in [9.17, 15) is 9.59 Å². The van der Waals surface area contributed by atoms with Crippen LogP contribution >= 0.6 is 0 Å². The first-order valence-electron chi connectivity index (χ1n) is 10.0. The van der Waals surface area contributed by atoms with Crippen LogP contribution in [0.3, 0.4) is 0 Å². The monoisotopic (exact) mass is 324 g/mol. The lowest BCUT2D eigenvalue weighted by atomic mass is 9.57. The largest absolute Gasteiger partial charge is 0.299 e. The first-order valence-corrected chi connectivity index (χ1v) is 10.0. The Morgan fingerprint density at radius 2 is 1.92 bits per heavy atom. The average Bonchev–Trinajstić information content (AvgIpc) is 3.35. The molecule has 5 aliphatic rings. The van der Waals surface area contributed by atoms with E-state index in [-0.39, 0.29) is 5.41 Å². The Labute approximate surface area is 144 Å². The summed E-state index contributed by atoms with van der Waals surface area (Å²) < 4.78 is 0. The topological polar surface area (TPSA) is 34.1 Å². The first-order chi connectivity index (χ1) is 11.6. The molecule has 2 nitrogen and oxygen atoms in total. The van der Waals surface area contributed by atoms with Gasteiger partial charge in [-0.1, -0.05) is 18.6 Å². The highest BCUT2D eigenvalue weighted by Gasteiger charge is 2.56. The number of rotatable bonds is 2. The van der Waals surface area contributed by atoms with Crippen LogP contribution < -0.4 is 0 Å². The van der Waals surface area contributed by atoms with E-state index in [1.807, 2.05) is 0 Å². The molecule has 0 bridgehead atoms. The smallest absolute Gasteiger partial charge is 0.139 e. The summed E-state index contributed by atoms with van der Waals surface area (Å²) in [5.41, 5.74) is 4.78. The maximum Gasteiger partial charge on any atom is 0.139 e. The molecule has 0 aromatic rings. The van der Waals surface area contributed by atoms with Crippen molar-refractivity contribution in [2.75, 3.05) is 0 Å². The fourth-order valence-electron chi connectivity index (χ4n) is 6.53. The lowest BCUT2D eigenvalue weighted by molar-refractivity contribution is -0.128. The van der Waals surface area contributed by atoms with Gasteiger partial charge >= 0.3 is 0 Å². The summed E-state index contributed by atoms with van der Waals surface area (Å²) in [6, 6.07) is 0. The minimum Gasteiger partial charge on any atom is -0.299 e. The van der Waals surface area contributed by atoms with Crippen molar-refractivity contribution in [2.45, 2.75) is 71.1 Å². The highest BCUT2D eigenvalue weighted by atomic mass is 16.1. The molecule has 5 rings (SSSR count). The van der Waals surface area contributed by atoms with Crippen molar-refractivity contribution in [1.29, 1.82) is 0 Å². The Morgan fingerprint density at radius 3 is 2.71 bits per heavy atom. The van der Waals surface area contributed by atoms with Crippen LogP contribution in [0.4, 0.5) is 0 Å². The third-order valence-corrected chi connectivity index (χ3v) is 7.98. The van der Waals surface area contributed by atoms with E-state index in [0.29, 0.717) is 41.7 Å². The van der Waals surface area contributed by atoms with Gasteiger partial charge in [0.15, 0.2) is 0 Å². The van der Waals surface area contributed by atoms with Gasteiger partial charge in [-0.3, -0.25) is 9.59 Å². The van der Waals surface area contributed by atoms with Crippen molar-refractivity contribution in [2.24, 2.45) is 29.1 Å². The number of hydrogen-bond donors (Lipinski definition) is 0. The van der Waals surface area contributed by atoms with Gasteiger partial charge in [0.25, 0.3) is 0 Å². The summed E-state index contributed by atoms with van der Waals surface area (Å²) in [4.78, 5) is 24.6. The molecule has 0 aromatic heterocycles. The van der Waals surface area contributed by atoms with E-state index < -0.39 is 0 Å². The van der Waals surface area contributed by atoms with Crippen molar-refractivity contribution < 1.29 is 9.59 Å². The predicted octanol–water partition coefficient (Wildman–Crippen LogP) is 4.79. The highest BCUT2D eigenvalue weighted by molar-refractivity contribution is 5.86. The van der Waals surface area contributed by atoms with Gasteiger partial charge in [0.1, 0.15) is 11.6 Å². The van der Waals surface area contributed by atoms with E-state index in [1.165, 1.54) is 18.4 Å². The maximum absolute atomic E-state index is 12.8. The second kappa shape index (κ2) is 5.16. The number of carbonyl (C=O) groups is 2. The molecule has 0 aromatic carbocycles. The van der Waals surface area contributed by atoms with Crippen molar-refractivity contribution in [3.8, 4) is 0 Å². The third kappa shape index (κ3) is 2.07. The SMILES string of the molecule is C[C@]12CC=C3C4=C(CC[C@H]3[C@@H]1CC[C@@H]2C(=O)C1CC1)CC(=O)CC4. The fourth-order valence-corrected chi connectivity index (χ4v) is 6.53. The molecule has 2 saturated carbocycles. The fraction of sp³-hybridized carbons (Fsp3) is 0.727. The summed E-state index contributed by atoms with van der Waals surface area (Å²) in [6.45, 7) is 2.41. The van der Waals surface area contributed by atoms with Crippen LogP contribution in [0.25, 0.3) is 0 Å². The zero-order valence-corrected chi connectivity index (χ0v) is 14.8. The Morgan fingerprint density at radius 1 is 1.08 bits per heavy atom. The number of ketones is 2. The zero-order chi connectivity index (χ0) is 16.5. The van der Waals surface area contributed by atoms with E-state index in [1.54, 1.807) is 11.1 Å². The van der Waals surface area contributed by atoms with Crippen molar-refractivity contribution >= 4 is 11.6 Å². The maximum atomic E-state index is 12.8. The summed E-state index contributed by atoms with van der Waals surface area (Å²) in [5, 5.41) is 0. The molecule has 0 aliphatic heterocycles. The molecule has 5 aliphatic carbocycles. The minimum atomic E-state index is 0.205. The van der Waals surface area contributed by atoms with Crippen LogP contribution in [0.2, 0.25) is 0 Å². The van der Waals surface area contributed by atoms with E-state index >= 15 is 0 Å². The Bertz CT molecular complexity index is 678. The molecular weight excluding hydrogens is 296 g/mol. The lowest BCUT2D eigenvalue weighted by Gasteiger charge is -2.47. The standard InChI is InChI=1S/C22H28O2/c1-22-11-10-17-16-7-5-15(23)12-14(16)4-6-18(17)19(22)8-9-20(22)21(24)13-2-3-13/h10,13,18-20H,2-9,11-12H2,1H3/t18-,19+,20-,22+/m1/s1. The van der Waals surface area contributed by atoms with Crippen molar-refractivity contribution in [1.82, 2.24) is 0 Å². The van der Waals surface area contributed by atoms with Gasteiger partial charge < -0.3 is 0 Å². The Balaban J connectivity index is 1.48. The predicted molar refractivity (Wildman–Crippen MR) is 93.4 cm³/mol. The van der Waals surface area contributed by atoms with Crippen LogP contribution in [0.15, 0.2) is 22.8 Å². The van der Waals surface area contributed by atoms with Gasteiger partial charge in [0.2, 0.25) is 0 Å². The minimum absolute atomic E-state index is 0.205. The molecule has 2 heteroatoms. The van der Waals surface area contributed by atoms with Crippen molar-refractivity contribution in [3.05, 3.63) is 22.8 Å². The van der Waals surface area contributed by atoms with Crippen LogP contribution in [0.1, 0.15) is 71.1 Å². The van der Waals surface area contributed by atoms with Gasteiger partial charge in [-0.15, -0.1) is 0 Å². The lowest BCUT2D eigenvalue weighted by Crippen LogP contribution is -2.41. The molecule has 0 heterocycles. The van der Waals surface area contributed by atoms with Gasteiger partial charge in [-0.2, -0.15) is 0 Å². The molecule has 0 N–H and O–H groups in total. The van der Waals surface area contributed by atoms with Crippen LogP contribution in [-0.4, -0.2) is 11.6 Å². The molecule has 0 unspecified atom stereocenters. The van der Waals surface area contributed by atoms with Crippen LogP contribution in [0, 0.1) is 29.1 Å². The quantitative estimate of drug-likeness (QED) is 0.732. The second-order valence-electron chi connectivity index (χ2n) is 9.23. The summed E-state index contributed by atoms with van der Waals surface area (Å²) in [5.74, 6) is 3.10. The summed E-state index contributed by atoms with van der Waals surface area (Å²) >= 11 is 0. The molecule has 128 valence electrons. The molecule has 0 amide bonds. The first kappa shape index (κ1) is 15.1. The van der Waals surface area contributed by atoms with E-state index in [0.717, 1.165) is 44.9 Å². The number of Topliss-reactive ketones (excluding diaryl/α,β-unsaturated/α-hetero) is 2. The molecular formula is C22H28O2. The number of allylic oxidation sites excluding steroid dienone is 4. The zero-order valence-electron chi connectivity index (χ0n) is 14.8. The van der Waals surface area contributed by atoms with Gasteiger partial charge in [-0.05, 0) is 79.8 Å². The molecule has 0 spiro atoms. The summed E-state index contributed by atoms with van der Waals surface area (Å²) in [7, 11) is 0. The normalized spacial score (nSPS) is 41.5. The number of fused-ring (bicyclic) bond motifs is 4. The molecule has 4 atom stereocenters. The van der Waals surface area contributed by atoms with Gasteiger partial charge in [-0.25, -0.2) is 0 Å². The highest BCUT2D eigenvalue weighted by Crippen LogP contribution is 2.62. The molecule has 2 fully saturated rings. The second-order valence-corrected chi connectivity index (χ2v) is 9.23.